The van der Waals surface area contributed by atoms with E-state index in [-0.39, 0.29) is 23.7 Å². The number of rotatable bonds is 6. The van der Waals surface area contributed by atoms with E-state index >= 15 is 0 Å². The maximum atomic E-state index is 13.7. The van der Waals surface area contributed by atoms with Crippen LogP contribution >= 0.6 is 0 Å². The van der Waals surface area contributed by atoms with Crippen LogP contribution in [-0.4, -0.2) is 54.9 Å². The van der Waals surface area contributed by atoms with E-state index in [1.165, 1.54) is 4.52 Å². The van der Waals surface area contributed by atoms with Crippen LogP contribution < -0.4 is 4.90 Å². The van der Waals surface area contributed by atoms with Gasteiger partial charge in [-0.3, -0.25) is 4.99 Å². The molecule has 1 fully saturated rings. The van der Waals surface area contributed by atoms with Gasteiger partial charge in [-0.05, 0) is 31.2 Å². The number of allylic oxidation sites excluding steroid dienone is 5. The van der Waals surface area contributed by atoms with Gasteiger partial charge in [0.25, 0.3) is 6.43 Å². The zero-order chi connectivity index (χ0) is 26.1. The molecule has 4 heterocycles. The highest BCUT2D eigenvalue weighted by Crippen LogP contribution is 2.35. The minimum absolute atomic E-state index is 0.0128. The van der Waals surface area contributed by atoms with E-state index in [4.69, 9.17) is 0 Å². The first-order valence-corrected chi connectivity index (χ1v) is 11.4. The van der Waals surface area contributed by atoms with Gasteiger partial charge in [0.2, 0.25) is 0 Å². The maximum Gasteiger partial charge on any atom is 0.283 e. The zero-order valence-corrected chi connectivity index (χ0v) is 19.6. The second kappa shape index (κ2) is 9.87. The number of hydrogen-bond donors (Lipinski definition) is 1. The van der Waals surface area contributed by atoms with Crippen molar-refractivity contribution in [3.63, 3.8) is 0 Å². The molecular formula is C25H21F3N8O. The molecule has 2 aliphatic rings. The summed E-state index contributed by atoms with van der Waals surface area (Å²) in [5, 5.41) is 27.4. The molecule has 0 atom stereocenters. The summed E-state index contributed by atoms with van der Waals surface area (Å²) >= 11 is 0. The molecule has 0 bridgehead atoms. The monoisotopic (exact) mass is 506 g/mol. The number of nitrogens with zero attached hydrogens (tertiary/aromatic N) is 8. The largest absolute Gasteiger partial charge is 0.396 e. The van der Waals surface area contributed by atoms with E-state index in [1.807, 2.05) is 17.0 Å². The Morgan fingerprint density at radius 2 is 2.14 bits per heavy atom. The molecule has 1 saturated heterocycles. The normalized spacial score (nSPS) is 18.4. The quantitative estimate of drug-likeness (QED) is 0.544. The lowest BCUT2D eigenvalue weighted by atomic mass is 9.97. The fraction of sp³-hybridized carbons (Fsp3) is 0.240. The van der Waals surface area contributed by atoms with Crippen LogP contribution in [0.1, 0.15) is 28.9 Å². The number of fused-ring (bicyclic) bond motifs is 1. The second-order valence-electron chi connectivity index (χ2n) is 8.54. The van der Waals surface area contributed by atoms with Crippen LogP contribution in [-0.2, 0) is 0 Å². The van der Waals surface area contributed by atoms with E-state index in [0.29, 0.717) is 53.5 Å². The highest BCUT2D eigenvalue weighted by molar-refractivity contribution is 6.18. The van der Waals surface area contributed by atoms with Crippen molar-refractivity contribution >= 4 is 28.9 Å². The lowest BCUT2D eigenvalue weighted by Gasteiger charge is -2.40. The molecule has 0 amide bonds. The first-order chi connectivity index (χ1) is 17.9. The Kier molecular flexibility index (Phi) is 6.45. The summed E-state index contributed by atoms with van der Waals surface area (Å²) in [4.78, 5) is 10.6. The van der Waals surface area contributed by atoms with Crippen LogP contribution in [0.3, 0.4) is 0 Å². The summed E-state index contributed by atoms with van der Waals surface area (Å²) < 4.78 is 43.2. The molecule has 0 saturated carbocycles. The summed E-state index contributed by atoms with van der Waals surface area (Å²) in [5.41, 5.74) is 1.93. The standard InChI is InChI=1S/C25H21F3N8O/c1-15-19(9-17-3-4-18(35-8-2-6-31-35)10-21(17)30-7-5-26)25(34-12-16(13-34)14-37)36-24(32-15)20(11-29)22(33-36)23(27)28/h2-10,16,23,37H,12-14H2,1H3/b7-5+,17-9+,30-21+. The fourth-order valence-electron chi connectivity index (χ4n) is 4.36. The summed E-state index contributed by atoms with van der Waals surface area (Å²) in [6.07, 6.45) is 8.91. The first kappa shape index (κ1) is 24.2. The molecule has 0 unspecified atom stereocenters. The first-order valence-electron chi connectivity index (χ1n) is 11.4. The van der Waals surface area contributed by atoms with Gasteiger partial charge in [0.1, 0.15) is 29.5 Å². The predicted octanol–water partition coefficient (Wildman–Crippen LogP) is 3.85. The molecule has 1 aliphatic carbocycles. The summed E-state index contributed by atoms with van der Waals surface area (Å²) in [6, 6.07) is 3.58. The number of aryl methyl sites for hydroxylation is 1. The Morgan fingerprint density at radius 1 is 1.32 bits per heavy atom. The van der Waals surface area contributed by atoms with Crippen LogP contribution in [0.25, 0.3) is 17.4 Å². The lowest BCUT2D eigenvalue weighted by Crippen LogP contribution is -2.49. The third-order valence-corrected chi connectivity index (χ3v) is 6.18. The highest BCUT2D eigenvalue weighted by Gasteiger charge is 2.33. The molecule has 188 valence electrons. The second-order valence-corrected chi connectivity index (χ2v) is 8.54. The van der Waals surface area contributed by atoms with Gasteiger partial charge in [-0.15, -0.1) is 0 Å². The average Bonchev–Trinajstić information content (AvgIpc) is 3.52. The maximum absolute atomic E-state index is 13.7. The molecule has 37 heavy (non-hydrogen) atoms. The van der Waals surface area contributed by atoms with Crippen molar-refractivity contribution in [1.29, 1.82) is 5.26 Å². The third-order valence-electron chi connectivity index (χ3n) is 6.18. The van der Waals surface area contributed by atoms with E-state index in [9.17, 15) is 23.5 Å². The molecule has 0 spiro atoms. The van der Waals surface area contributed by atoms with Crippen LogP contribution in [0.2, 0.25) is 0 Å². The van der Waals surface area contributed by atoms with Gasteiger partial charge in [0, 0.05) is 49.1 Å². The number of anilines is 1. The Balaban J connectivity index is 1.70. The zero-order valence-electron chi connectivity index (χ0n) is 19.6. The number of aliphatic hydroxyl groups excluding tert-OH is 1. The average molecular weight is 506 g/mol. The molecular weight excluding hydrogens is 485 g/mol. The van der Waals surface area contributed by atoms with Crippen molar-refractivity contribution in [1.82, 2.24) is 24.4 Å². The van der Waals surface area contributed by atoms with Crippen LogP contribution in [0.4, 0.5) is 19.0 Å². The van der Waals surface area contributed by atoms with Gasteiger partial charge < -0.3 is 10.0 Å². The third kappa shape index (κ3) is 4.34. The lowest BCUT2D eigenvalue weighted by molar-refractivity contribution is 0.145. The van der Waals surface area contributed by atoms with Gasteiger partial charge in [-0.1, -0.05) is 6.08 Å². The Bertz CT molecular complexity index is 1530. The molecule has 1 N–H and O–H groups in total. The van der Waals surface area contributed by atoms with E-state index in [1.54, 1.807) is 48.3 Å². The molecule has 5 rings (SSSR count). The van der Waals surface area contributed by atoms with Gasteiger partial charge >= 0.3 is 0 Å². The number of alkyl halides is 2. The molecule has 3 aromatic rings. The van der Waals surface area contributed by atoms with Crippen molar-refractivity contribution in [2.24, 2.45) is 10.9 Å². The van der Waals surface area contributed by atoms with Crippen molar-refractivity contribution in [3.05, 3.63) is 77.3 Å². The van der Waals surface area contributed by atoms with Crippen LogP contribution in [0.15, 0.2) is 59.8 Å². The molecule has 0 aromatic carbocycles. The Labute approximate surface area is 209 Å². The van der Waals surface area contributed by atoms with Crippen molar-refractivity contribution < 1.29 is 18.3 Å². The molecule has 12 heteroatoms. The van der Waals surface area contributed by atoms with Gasteiger partial charge in [-0.2, -0.15) is 20.0 Å². The number of aliphatic imine (C=N–C) groups is 1. The Morgan fingerprint density at radius 3 is 2.78 bits per heavy atom. The minimum atomic E-state index is -2.95. The molecule has 1 aliphatic heterocycles. The SMILES string of the molecule is Cc1nc2c(C#N)c(C(F)F)nn2c(N2CC(CO)C2)c1\C=C1/C=CC(n2cccn2)=C/C1=N\C=C\F. The molecule has 9 nitrogen and oxygen atoms in total. The van der Waals surface area contributed by atoms with Crippen molar-refractivity contribution in [2.45, 2.75) is 13.3 Å². The fourth-order valence-corrected chi connectivity index (χ4v) is 4.36. The van der Waals surface area contributed by atoms with Gasteiger partial charge in [0.15, 0.2) is 5.65 Å². The minimum Gasteiger partial charge on any atom is -0.396 e. The molecule has 3 aromatic heterocycles. The Hall–Kier alpha value is -4.50. The van der Waals surface area contributed by atoms with Gasteiger partial charge in [0.05, 0.1) is 23.3 Å². The topological polar surface area (TPSA) is 108 Å². The van der Waals surface area contributed by atoms with E-state index in [0.717, 1.165) is 6.20 Å². The van der Waals surface area contributed by atoms with Crippen LogP contribution in [0.5, 0.6) is 0 Å². The number of nitriles is 1. The smallest absolute Gasteiger partial charge is 0.283 e. The number of aliphatic hydroxyl groups is 1. The van der Waals surface area contributed by atoms with E-state index < -0.39 is 12.1 Å². The number of hydrogen-bond acceptors (Lipinski definition) is 7. The van der Waals surface area contributed by atoms with E-state index in [2.05, 4.69) is 20.2 Å². The van der Waals surface area contributed by atoms with Crippen molar-refractivity contribution in [3.8, 4) is 6.07 Å². The number of halogens is 3. The summed E-state index contributed by atoms with van der Waals surface area (Å²) in [7, 11) is 0. The van der Waals surface area contributed by atoms with Crippen LogP contribution in [0, 0.1) is 24.2 Å². The number of aromatic nitrogens is 5. The summed E-state index contributed by atoms with van der Waals surface area (Å²) in [6.45, 7) is 2.65. The highest BCUT2D eigenvalue weighted by atomic mass is 19.3. The van der Waals surface area contributed by atoms with Crippen molar-refractivity contribution in [2.75, 3.05) is 24.6 Å². The predicted molar refractivity (Wildman–Crippen MR) is 131 cm³/mol. The summed E-state index contributed by atoms with van der Waals surface area (Å²) in [5.74, 6) is 0.490. The van der Waals surface area contributed by atoms with Gasteiger partial charge in [-0.25, -0.2) is 22.8 Å². The molecule has 0 radical (unpaired) electrons.